The lowest BCUT2D eigenvalue weighted by Gasteiger charge is -2.23. The smallest absolute Gasteiger partial charge is 0.306 e. The molecule has 1 aliphatic rings. The normalized spacial score (nSPS) is 24.9. The first-order valence-corrected chi connectivity index (χ1v) is 7.83. The summed E-state index contributed by atoms with van der Waals surface area (Å²) in [5.41, 5.74) is 1.25. The van der Waals surface area contributed by atoms with Gasteiger partial charge in [-0.2, -0.15) is 0 Å². The third kappa shape index (κ3) is 4.04. The van der Waals surface area contributed by atoms with E-state index >= 15 is 0 Å². The molecule has 0 heterocycles. The Morgan fingerprint density at radius 1 is 1.31 bits per heavy atom. The van der Waals surface area contributed by atoms with E-state index in [-0.39, 0.29) is 0 Å². The maximum atomic E-state index is 12.3. The van der Waals surface area contributed by atoms with E-state index in [4.69, 9.17) is 9.05 Å². The lowest BCUT2D eigenvalue weighted by molar-refractivity contribution is 0.228. The summed E-state index contributed by atoms with van der Waals surface area (Å²) in [5, 5.41) is 0. The van der Waals surface area contributed by atoms with Gasteiger partial charge in [-0.05, 0) is 39.0 Å². The molecule has 4 heteroatoms. The van der Waals surface area contributed by atoms with Crippen molar-refractivity contribution in [3.63, 3.8) is 0 Å². The molecule has 0 aromatic heterocycles. The van der Waals surface area contributed by atoms with Gasteiger partial charge in [-0.1, -0.05) is 18.9 Å². The van der Waals surface area contributed by atoms with Crippen LogP contribution < -0.4 is 0 Å². The predicted octanol–water partition coefficient (Wildman–Crippen LogP) is 4.35. The molecule has 1 fully saturated rings. The van der Waals surface area contributed by atoms with Crippen LogP contribution in [0.4, 0.5) is 0 Å². The van der Waals surface area contributed by atoms with Crippen LogP contribution in [-0.2, 0) is 13.6 Å². The number of hydrogen-bond donors (Lipinski definition) is 0. The van der Waals surface area contributed by atoms with Crippen LogP contribution in [0.25, 0.3) is 0 Å². The van der Waals surface area contributed by atoms with Crippen molar-refractivity contribution >= 4 is 7.60 Å². The van der Waals surface area contributed by atoms with Gasteiger partial charge in [0, 0.05) is 5.82 Å². The third-order valence-corrected chi connectivity index (χ3v) is 4.81. The zero-order chi connectivity index (χ0) is 12.0. The molecule has 0 aromatic rings. The van der Waals surface area contributed by atoms with Crippen molar-refractivity contribution in [1.82, 2.24) is 0 Å². The van der Waals surface area contributed by atoms with Gasteiger partial charge in [0.2, 0.25) is 0 Å². The Hall–Kier alpha value is -0.110. The monoisotopic (exact) mass is 246 g/mol. The highest BCUT2D eigenvalue weighted by atomic mass is 31.2. The van der Waals surface area contributed by atoms with Crippen molar-refractivity contribution in [2.45, 2.75) is 46.5 Å². The van der Waals surface area contributed by atoms with E-state index in [9.17, 15) is 4.57 Å². The Bertz CT molecular complexity index is 276. The number of allylic oxidation sites excluding steroid dienone is 1. The minimum atomic E-state index is -2.99. The van der Waals surface area contributed by atoms with Gasteiger partial charge in [-0.15, -0.1) is 0 Å². The molecule has 0 radical (unpaired) electrons. The lowest BCUT2D eigenvalue weighted by atomic mass is 9.87. The fourth-order valence-electron chi connectivity index (χ4n) is 2.08. The second-order valence-electron chi connectivity index (χ2n) is 4.23. The summed E-state index contributed by atoms with van der Waals surface area (Å²) in [6.45, 7) is 6.72. The Morgan fingerprint density at radius 2 is 1.94 bits per heavy atom. The van der Waals surface area contributed by atoms with Gasteiger partial charge < -0.3 is 9.05 Å². The van der Waals surface area contributed by atoms with E-state index in [1.165, 1.54) is 24.8 Å². The van der Waals surface area contributed by atoms with Crippen LogP contribution in [0.5, 0.6) is 0 Å². The predicted molar refractivity (Wildman–Crippen MR) is 66.6 cm³/mol. The lowest BCUT2D eigenvalue weighted by Crippen LogP contribution is -2.06. The maximum absolute atomic E-state index is 12.3. The van der Waals surface area contributed by atoms with E-state index in [2.05, 4.69) is 6.92 Å². The van der Waals surface area contributed by atoms with Crippen molar-refractivity contribution in [2.24, 2.45) is 5.92 Å². The molecular weight excluding hydrogens is 223 g/mol. The van der Waals surface area contributed by atoms with Gasteiger partial charge in [0.05, 0.1) is 13.2 Å². The molecule has 1 aliphatic carbocycles. The van der Waals surface area contributed by atoms with Crippen molar-refractivity contribution < 1.29 is 13.6 Å². The Balaban J connectivity index is 2.78. The molecule has 0 aliphatic heterocycles. The van der Waals surface area contributed by atoms with Crippen molar-refractivity contribution in [3.05, 3.63) is 11.4 Å². The molecule has 1 unspecified atom stereocenters. The third-order valence-electron chi connectivity index (χ3n) is 2.93. The van der Waals surface area contributed by atoms with Gasteiger partial charge in [0.1, 0.15) is 0 Å². The van der Waals surface area contributed by atoms with Gasteiger partial charge in [0.25, 0.3) is 0 Å². The fraction of sp³-hybridized carbons (Fsp3) is 0.833. The molecule has 0 saturated heterocycles. The molecule has 94 valence electrons. The quantitative estimate of drug-likeness (QED) is 0.676. The molecule has 1 saturated carbocycles. The molecule has 1 rings (SSSR count). The zero-order valence-electron chi connectivity index (χ0n) is 10.6. The standard InChI is InChI=1S/C12H23O3P/c1-4-14-16(13,15-5-2)10-12-9-7-6-8-11(12)3/h10-11H,4-9H2,1-3H3/b12-10+. The van der Waals surface area contributed by atoms with E-state index in [0.717, 1.165) is 6.42 Å². The van der Waals surface area contributed by atoms with Crippen LogP contribution in [0.2, 0.25) is 0 Å². The molecular formula is C12H23O3P. The van der Waals surface area contributed by atoms with E-state index in [1.807, 2.05) is 13.8 Å². The average molecular weight is 246 g/mol. The highest BCUT2D eigenvalue weighted by Gasteiger charge is 2.24. The van der Waals surface area contributed by atoms with Gasteiger partial charge >= 0.3 is 7.60 Å². The first-order valence-electron chi connectivity index (χ1n) is 6.21. The van der Waals surface area contributed by atoms with Crippen LogP contribution in [0.3, 0.4) is 0 Å². The Labute approximate surface area is 98.7 Å². The van der Waals surface area contributed by atoms with Crippen LogP contribution >= 0.6 is 7.60 Å². The molecule has 3 nitrogen and oxygen atoms in total. The summed E-state index contributed by atoms with van der Waals surface area (Å²) in [5.74, 6) is 2.28. The van der Waals surface area contributed by atoms with Crippen molar-refractivity contribution in [3.8, 4) is 0 Å². The van der Waals surface area contributed by atoms with Crippen molar-refractivity contribution in [1.29, 1.82) is 0 Å². The van der Waals surface area contributed by atoms with E-state index in [1.54, 1.807) is 5.82 Å². The Kier molecular flexibility index (Phi) is 5.74. The summed E-state index contributed by atoms with van der Waals surface area (Å²) in [7, 11) is -2.99. The first-order chi connectivity index (χ1) is 7.61. The van der Waals surface area contributed by atoms with Gasteiger partial charge in [0.15, 0.2) is 0 Å². The van der Waals surface area contributed by atoms with Gasteiger partial charge in [-0.25, -0.2) is 0 Å². The van der Waals surface area contributed by atoms with E-state index in [0.29, 0.717) is 19.1 Å². The van der Waals surface area contributed by atoms with Crippen LogP contribution in [0.1, 0.15) is 46.5 Å². The largest absolute Gasteiger partial charge is 0.354 e. The molecule has 0 amide bonds. The summed E-state index contributed by atoms with van der Waals surface area (Å²) in [6.07, 6.45) is 4.68. The highest BCUT2D eigenvalue weighted by molar-refractivity contribution is 7.57. The topological polar surface area (TPSA) is 35.5 Å². The van der Waals surface area contributed by atoms with Crippen LogP contribution in [0, 0.1) is 5.92 Å². The molecule has 0 N–H and O–H groups in total. The average Bonchev–Trinajstić information content (AvgIpc) is 2.22. The number of rotatable bonds is 5. The molecule has 0 spiro atoms. The van der Waals surface area contributed by atoms with E-state index < -0.39 is 7.60 Å². The van der Waals surface area contributed by atoms with Crippen LogP contribution in [-0.4, -0.2) is 13.2 Å². The maximum Gasteiger partial charge on any atom is 0.354 e. The fourth-order valence-corrected chi connectivity index (χ4v) is 3.81. The molecule has 16 heavy (non-hydrogen) atoms. The summed E-state index contributed by atoms with van der Waals surface area (Å²) in [4.78, 5) is 0. The molecule has 0 aromatic carbocycles. The summed E-state index contributed by atoms with van der Waals surface area (Å²) < 4.78 is 22.9. The Morgan fingerprint density at radius 3 is 2.44 bits per heavy atom. The minimum Gasteiger partial charge on any atom is -0.306 e. The second kappa shape index (κ2) is 6.58. The SMILES string of the molecule is CCOP(=O)(/C=C1\CCCCC1C)OCC. The highest BCUT2D eigenvalue weighted by Crippen LogP contribution is 2.52. The summed E-state index contributed by atoms with van der Waals surface area (Å²) >= 11 is 0. The first kappa shape index (κ1) is 14.0. The van der Waals surface area contributed by atoms with Gasteiger partial charge in [-0.3, -0.25) is 4.57 Å². The molecule has 1 atom stereocenters. The number of hydrogen-bond acceptors (Lipinski definition) is 3. The molecule has 0 bridgehead atoms. The van der Waals surface area contributed by atoms with Crippen molar-refractivity contribution in [2.75, 3.05) is 13.2 Å². The minimum absolute atomic E-state index is 0.426. The second-order valence-corrected chi connectivity index (χ2v) is 6.08. The van der Waals surface area contributed by atoms with Crippen LogP contribution in [0.15, 0.2) is 11.4 Å². The zero-order valence-corrected chi connectivity index (χ0v) is 11.5. The summed E-state index contributed by atoms with van der Waals surface area (Å²) in [6, 6.07) is 0.